The zero-order valence-electron chi connectivity index (χ0n) is 20.5. The fourth-order valence-corrected chi connectivity index (χ4v) is 4.89. The van der Waals surface area contributed by atoms with Crippen LogP contribution in [0.4, 0.5) is 0 Å². The van der Waals surface area contributed by atoms with Crippen molar-refractivity contribution in [2.24, 2.45) is 5.41 Å². The van der Waals surface area contributed by atoms with Crippen molar-refractivity contribution in [3.63, 3.8) is 0 Å². The van der Waals surface area contributed by atoms with Crippen LogP contribution < -0.4 is 4.74 Å². The van der Waals surface area contributed by atoms with Crippen molar-refractivity contribution in [1.82, 2.24) is 34.9 Å². The number of nitrogens with zero attached hydrogens (tertiary/aromatic N) is 7. The molecule has 2 saturated heterocycles. The normalized spacial score (nSPS) is 16.1. The summed E-state index contributed by atoms with van der Waals surface area (Å²) in [4.78, 5) is 19.0. The number of benzene rings is 1. The van der Waals surface area contributed by atoms with Crippen molar-refractivity contribution < 1.29 is 23.5 Å². The number of hydrogen-bond donors (Lipinski definition) is 0. The summed E-state index contributed by atoms with van der Waals surface area (Å²) in [5.41, 5.74) is 2.46. The molecule has 1 aromatic carbocycles. The zero-order valence-corrected chi connectivity index (χ0v) is 20.5. The molecule has 2 aliphatic rings. The lowest BCUT2D eigenvalue weighted by molar-refractivity contribution is -0.176. The molecule has 0 bridgehead atoms. The number of rotatable bonds is 7. The smallest absolute Gasteiger partial charge is 0.255 e. The molecule has 1 amide bonds. The zero-order chi connectivity index (χ0) is 25.7. The van der Waals surface area contributed by atoms with Crippen molar-refractivity contribution in [1.29, 1.82) is 0 Å². The third kappa shape index (κ3) is 3.76. The second kappa shape index (κ2) is 8.85. The fourth-order valence-electron chi connectivity index (χ4n) is 4.89. The molecule has 0 saturated carbocycles. The van der Waals surface area contributed by atoms with Crippen LogP contribution in [-0.2, 0) is 22.7 Å². The number of pyridine rings is 1. The number of carbonyl (C=O) groups is 1. The Morgan fingerprint density at radius 2 is 1.92 bits per heavy atom. The number of carbonyl (C=O) groups excluding carboxylic acids is 1. The third-order valence-electron chi connectivity index (χ3n) is 6.89. The van der Waals surface area contributed by atoms with Gasteiger partial charge >= 0.3 is 0 Å². The largest absolute Gasteiger partial charge is 0.470 e. The van der Waals surface area contributed by atoms with E-state index in [9.17, 15) is 4.79 Å². The molecule has 1 spiro atoms. The number of amides is 1. The molecule has 6 heterocycles. The molecule has 5 aromatic rings. The minimum absolute atomic E-state index is 0.0118. The van der Waals surface area contributed by atoms with Crippen molar-refractivity contribution in [2.75, 3.05) is 33.4 Å². The summed E-state index contributed by atoms with van der Waals surface area (Å²) in [6, 6.07) is 13.0. The Kier molecular flexibility index (Phi) is 5.30. The molecule has 38 heavy (non-hydrogen) atoms. The van der Waals surface area contributed by atoms with E-state index < -0.39 is 0 Å². The minimum atomic E-state index is -0.0118. The number of ether oxygens (including phenoxy) is 3. The summed E-state index contributed by atoms with van der Waals surface area (Å²) in [7, 11) is 1.58. The van der Waals surface area contributed by atoms with Gasteiger partial charge in [-0.15, -0.1) is 15.3 Å². The second-order valence-electron chi connectivity index (χ2n) is 9.70. The molecule has 7 rings (SSSR count). The Balaban J connectivity index is 1.13. The van der Waals surface area contributed by atoms with Gasteiger partial charge in [-0.2, -0.15) is 4.52 Å². The van der Waals surface area contributed by atoms with Crippen molar-refractivity contribution in [3.05, 3.63) is 65.7 Å². The molecule has 12 nitrogen and oxygen atoms in total. The van der Waals surface area contributed by atoms with Crippen LogP contribution in [0.5, 0.6) is 5.88 Å². The summed E-state index contributed by atoms with van der Waals surface area (Å²) >= 11 is 0. The third-order valence-corrected chi connectivity index (χ3v) is 6.89. The van der Waals surface area contributed by atoms with E-state index in [2.05, 4.69) is 25.4 Å². The Hall–Kier alpha value is -4.42. The number of aromatic nitrogens is 6. The van der Waals surface area contributed by atoms with Crippen LogP contribution in [0.15, 0.2) is 53.2 Å². The first-order chi connectivity index (χ1) is 18.6. The SMILES string of the molecule is COCc1cc(-c2nnc3c4ccccc4c(OCc4ccc(C(=O)N5CC6(COC6)C5)cn4)nn23)no1. The molecule has 2 aliphatic heterocycles. The van der Waals surface area contributed by atoms with Crippen LogP contribution in [0.3, 0.4) is 0 Å². The van der Waals surface area contributed by atoms with Gasteiger partial charge in [0.25, 0.3) is 5.91 Å². The Morgan fingerprint density at radius 1 is 1.08 bits per heavy atom. The highest BCUT2D eigenvalue weighted by Gasteiger charge is 2.50. The molecule has 0 atom stereocenters. The molecular weight excluding hydrogens is 490 g/mol. The van der Waals surface area contributed by atoms with Crippen LogP contribution in [0.25, 0.3) is 27.9 Å². The van der Waals surface area contributed by atoms with Crippen molar-refractivity contribution in [3.8, 4) is 17.4 Å². The molecule has 192 valence electrons. The lowest BCUT2D eigenvalue weighted by atomic mass is 9.78. The second-order valence-corrected chi connectivity index (χ2v) is 9.70. The number of likely N-dealkylation sites (tertiary alicyclic amines) is 1. The van der Waals surface area contributed by atoms with Gasteiger partial charge in [-0.05, 0) is 18.2 Å². The van der Waals surface area contributed by atoms with Gasteiger partial charge in [-0.1, -0.05) is 23.4 Å². The van der Waals surface area contributed by atoms with E-state index in [1.807, 2.05) is 29.2 Å². The van der Waals surface area contributed by atoms with Crippen LogP contribution >= 0.6 is 0 Å². The Labute approximate surface area is 216 Å². The molecule has 12 heteroatoms. The first-order valence-electron chi connectivity index (χ1n) is 12.2. The van der Waals surface area contributed by atoms with Crippen LogP contribution in [-0.4, -0.2) is 74.2 Å². The number of methoxy groups -OCH3 is 1. The first-order valence-corrected chi connectivity index (χ1v) is 12.2. The number of hydrogen-bond acceptors (Lipinski definition) is 10. The van der Waals surface area contributed by atoms with Gasteiger partial charge in [-0.3, -0.25) is 9.78 Å². The average Bonchev–Trinajstić information content (AvgIpc) is 3.53. The Morgan fingerprint density at radius 3 is 2.66 bits per heavy atom. The lowest BCUT2D eigenvalue weighted by Crippen LogP contribution is -2.67. The monoisotopic (exact) mass is 513 g/mol. The van der Waals surface area contributed by atoms with Gasteiger partial charge < -0.3 is 23.6 Å². The molecule has 4 aromatic heterocycles. The molecule has 0 radical (unpaired) electrons. The molecule has 0 N–H and O–H groups in total. The van der Waals surface area contributed by atoms with E-state index in [0.29, 0.717) is 46.7 Å². The molecule has 2 fully saturated rings. The number of fused-ring (bicyclic) bond motifs is 3. The van der Waals surface area contributed by atoms with E-state index in [4.69, 9.17) is 18.7 Å². The maximum absolute atomic E-state index is 12.7. The quantitative estimate of drug-likeness (QED) is 0.320. The molecular formula is C26H23N7O5. The maximum Gasteiger partial charge on any atom is 0.255 e. The van der Waals surface area contributed by atoms with E-state index in [1.54, 1.807) is 36.0 Å². The summed E-state index contributed by atoms with van der Waals surface area (Å²) < 4.78 is 23.4. The standard InChI is InChI=1S/C26H23N7O5/c1-35-11-18-8-21(31-38-18)23-29-28-22-19-4-2-3-5-20(19)24(30-33(22)23)37-10-17-7-6-16(9-27-17)25(34)32-12-26(13-32)14-36-15-26/h2-9H,10-15H2,1H3. The highest BCUT2D eigenvalue weighted by atomic mass is 16.5. The average molecular weight is 514 g/mol. The lowest BCUT2D eigenvalue weighted by Gasteiger charge is -2.54. The van der Waals surface area contributed by atoms with Gasteiger partial charge in [0.2, 0.25) is 11.7 Å². The van der Waals surface area contributed by atoms with E-state index in [-0.39, 0.29) is 17.9 Å². The summed E-state index contributed by atoms with van der Waals surface area (Å²) in [5.74, 6) is 1.37. The summed E-state index contributed by atoms with van der Waals surface area (Å²) in [6.45, 7) is 3.42. The Bertz CT molecular complexity index is 1650. The topological polar surface area (TPSA) is 130 Å². The van der Waals surface area contributed by atoms with E-state index >= 15 is 0 Å². The van der Waals surface area contributed by atoms with Gasteiger partial charge in [0, 0.05) is 43.2 Å². The highest BCUT2D eigenvalue weighted by Crippen LogP contribution is 2.38. The minimum Gasteiger partial charge on any atom is -0.470 e. The van der Waals surface area contributed by atoms with Crippen molar-refractivity contribution >= 4 is 22.3 Å². The van der Waals surface area contributed by atoms with E-state index in [0.717, 1.165) is 37.1 Å². The maximum atomic E-state index is 12.7. The van der Waals surface area contributed by atoms with Gasteiger partial charge in [0.15, 0.2) is 17.1 Å². The van der Waals surface area contributed by atoms with E-state index in [1.165, 1.54) is 0 Å². The highest BCUT2D eigenvalue weighted by molar-refractivity contribution is 5.97. The van der Waals surface area contributed by atoms with Crippen LogP contribution in [0.1, 0.15) is 21.8 Å². The summed E-state index contributed by atoms with van der Waals surface area (Å²) in [6.07, 6.45) is 1.60. The predicted octanol–water partition coefficient (Wildman–Crippen LogP) is 2.53. The first kappa shape index (κ1) is 22.8. The van der Waals surface area contributed by atoms with Gasteiger partial charge in [0.05, 0.1) is 29.9 Å². The predicted molar refractivity (Wildman–Crippen MR) is 132 cm³/mol. The van der Waals surface area contributed by atoms with Gasteiger partial charge in [0.1, 0.15) is 13.2 Å². The van der Waals surface area contributed by atoms with Crippen LogP contribution in [0.2, 0.25) is 0 Å². The van der Waals surface area contributed by atoms with Gasteiger partial charge in [-0.25, -0.2) is 0 Å². The summed E-state index contributed by atoms with van der Waals surface area (Å²) in [5, 5.41) is 19.0. The molecule has 0 aliphatic carbocycles. The van der Waals surface area contributed by atoms with Crippen LogP contribution in [0, 0.1) is 5.41 Å². The molecule has 0 unspecified atom stereocenters. The fraction of sp³-hybridized carbons (Fsp3) is 0.308. The van der Waals surface area contributed by atoms with Crippen molar-refractivity contribution in [2.45, 2.75) is 13.2 Å².